The van der Waals surface area contributed by atoms with Crippen molar-refractivity contribution in [2.45, 2.75) is 33.2 Å². The van der Waals surface area contributed by atoms with Crippen molar-refractivity contribution in [3.05, 3.63) is 65.9 Å². The molecule has 0 radical (unpaired) electrons. The second kappa shape index (κ2) is 8.81. The molecule has 1 amide bonds. The fourth-order valence-electron chi connectivity index (χ4n) is 4.35. The molecule has 3 aromatic heterocycles. The van der Waals surface area contributed by atoms with E-state index in [2.05, 4.69) is 32.5 Å². The largest absolute Gasteiger partial charge is 0.378 e. The first-order chi connectivity index (χ1) is 16.7. The molecule has 0 saturated carbocycles. The molecular formula is C26H29FN6O2. The van der Waals surface area contributed by atoms with Crippen molar-refractivity contribution >= 4 is 22.9 Å². The number of carbonyl (C=O) groups excluding carboxylic acids is 1. The van der Waals surface area contributed by atoms with Crippen molar-refractivity contribution in [2.24, 2.45) is 0 Å². The number of fused-ring (bicyclic) bond motifs is 1. The van der Waals surface area contributed by atoms with Gasteiger partial charge in [0.05, 0.1) is 36.7 Å². The Balaban J connectivity index is 1.48. The average molecular weight is 477 g/mol. The van der Waals surface area contributed by atoms with Crippen molar-refractivity contribution < 1.29 is 13.9 Å². The smallest absolute Gasteiger partial charge is 0.261 e. The van der Waals surface area contributed by atoms with E-state index in [0.29, 0.717) is 18.9 Å². The quantitative estimate of drug-likeness (QED) is 0.470. The van der Waals surface area contributed by atoms with E-state index < -0.39 is 17.4 Å². The monoisotopic (exact) mass is 476 g/mol. The van der Waals surface area contributed by atoms with E-state index >= 15 is 0 Å². The van der Waals surface area contributed by atoms with E-state index in [1.54, 1.807) is 6.20 Å². The molecule has 1 saturated heterocycles. The van der Waals surface area contributed by atoms with Gasteiger partial charge in [-0.3, -0.25) is 4.79 Å². The van der Waals surface area contributed by atoms with Gasteiger partial charge in [0.2, 0.25) is 5.95 Å². The second-order valence-corrected chi connectivity index (χ2v) is 9.79. The van der Waals surface area contributed by atoms with Crippen LogP contribution in [0.25, 0.3) is 16.6 Å². The molecule has 1 aromatic carbocycles. The molecule has 182 valence electrons. The van der Waals surface area contributed by atoms with Crippen LogP contribution in [-0.4, -0.2) is 51.6 Å². The summed E-state index contributed by atoms with van der Waals surface area (Å²) in [5.41, 5.74) is 3.97. The van der Waals surface area contributed by atoms with Gasteiger partial charge in [0.1, 0.15) is 11.4 Å². The summed E-state index contributed by atoms with van der Waals surface area (Å²) in [7, 11) is 0. The van der Waals surface area contributed by atoms with Gasteiger partial charge in [0.15, 0.2) is 0 Å². The van der Waals surface area contributed by atoms with Crippen molar-refractivity contribution in [1.29, 1.82) is 0 Å². The number of anilines is 2. The molecule has 5 rings (SSSR count). The molecule has 8 nitrogen and oxygen atoms in total. The number of rotatable bonds is 4. The minimum Gasteiger partial charge on any atom is -0.378 e. The summed E-state index contributed by atoms with van der Waals surface area (Å²) < 4.78 is 23.5. The summed E-state index contributed by atoms with van der Waals surface area (Å²) in [6.45, 7) is 10.5. The van der Waals surface area contributed by atoms with Gasteiger partial charge >= 0.3 is 0 Å². The molecule has 9 heteroatoms. The lowest BCUT2D eigenvalue weighted by Crippen LogP contribution is -2.37. The van der Waals surface area contributed by atoms with Crippen LogP contribution in [0.2, 0.25) is 0 Å². The number of nitrogens with zero attached hydrogens (tertiary/aromatic N) is 5. The lowest BCUT2D eigenvalue weighted by molar-refractivity contribution is 0.102. The minimum absolute atomic E-state index is 0.0858. The lowest BCUT2D eigenvalue weighted by atomic mass is 9.99. The molecule has 1 aliphatic heterocycles. The third kappa shape index (κ3) is 4.39. The van der Waals surface area contributed by atoms with Crippen molar-refractivity contribution in [3.63, 3.8) is 0 Å². The third-order valence-corrected chi connectivity index (χ3v) is 6.21. The SMILES string of the molecule is Cc1ccc(NC(=O)c2cnn(C(C)(C)C)c2F)cc1-c1cc(N2CCOCC2)n2nccc2c1. The maximum Gasteiger partial charge on any atom is 0.261 e. The average Bonchev–Trinajstić information content (AvgIpc) is 3.46. The summed E-state index contributed by atoms with van der Waals surface area (Å²) in [5, 5.41) is 11.4. The zero-order chi connectivity index (χ0) is 24.7. The van der Waals surface area contributed by atoms with Crippen LogP contribution < -0.4 is 10.2 Å². The van der Waals surface area contributed by atoms with Crippen LogP contribution >= 0.6 is 0 Å². The van der Waals surface area contributed by atoms with Gasteiger partial charge < -0.3 is 15.0 Å². The molecule has 0 bridgehead atoms. The molecule has 4 aromatic rings. The van der Waals surface area contributed by atoms with Gasteiger partial charge in [-0.1, -0.05) is 6.07 Å². The van der Waals surface area contributed by atoms with Crippen molar-refractivity contribution in [3.8, 4) is 11.1 Å². The number of nitrogens with one attached hydrogen (secondary N) is 1. The fourth-order valence-corrected chi connectivity index (χ4v) is 4.35. The van der Waals surface area contributed by atoms with Crippen LogP contribution in [0, 0.1) is 12.9 Å². The first-order valence-corrected chi connectivity index (χ1v) is 11.7. The topological polar surface area (TPSA) is 76.7 Å². The molecule has 0 spiro atoms. The van der Waals surface area contributed by atoms with Gasteiger partial charge in [0.25, 0.3) is 5.91 Å². The molecule has 1 fully saturated rings. The highest BCUT2D eigenvalue weighted by atomic mass is 19.1. The van der Waals surface area contributed by atoms with E-state index in [1.807, 2.05) is 56.5 Å². The molecule has 0 aliphatic carbocycles. The number of aryl methyl sites for hydroxylation is 1. The maximum atomic E-state index is 14.8. The van der Waals surface area contributed by atoms with Gasteiger partial charge in [-0.05, 0) is 74.7 Å². The number of halogens is 1. The van der Waals surface area contributed by atoms with Crippen LogP contribution in [0.1, 0.15) is 36.7 Å². The molecule has 0 atom stereocenters. The fraction of sp³-hybridized carbons (Fsp3) is 0.346. The highest BCUT2D eigenvalue weighted by molar-refractivity contribution is 6.04. The number of hydrogen-bond donors (Lipinski definition) is 1. The Morgan fingerprint density at radius 1 is 1.09 bits per heavy atom. The predicted octanol–water partition coefficient (Wildman–Crippen LogP) is 4.49. The predicted molar refractivity (Wildman–Crippen MR) is 134 cm³/mol. The zero-order valence-corrected chi connectivity index (χ0v) is 20.4. The molecule has 1 N–H and O–H groups in total. The Morgan fingerprint density at radius 2 is 1.86 bits per heavy atom. The Kier molecular flexibility index (Phi) is 5.80. The Bertz CT molecular complexity index is 1390. The van der Waals surface area contributed by atoms with Crippen LogP contribution in [0.3, 0.4) is 0 Å². The van der Waals surface area contributed by atoms with Crippen LogP contribution in [0.15, 0.2) is 48.8 Å². The first-order valence-electron chi connectivity index (χ1n) is 11.7. The number of carbonyl (C=O) groups is 1. The first kappa shape index (κ1) is 23.0. The molecule has 35 heavy (non-hydrogen) atoms. The van der Waals surface area contributed by atoms with E-state index in [4.69, 9.17) is 4.74 Å². The van der Waals surface area contributed by atoms with Crippen LogP contribution in [-0.2, 0) is 10.3 Å². The van der Waals surface area contributed by atoms with E-state index in [9.17, 15) is 9.18 Å². The molecular weight excluding hydrogens is 447 g/mol. The minimum atomic E-state index is -0.649. The van der Waals surface area contributed by atoms with Gasteiger partial charge in [-0.15, -0.1) is 0 Å². The Morgan fingerprint density at radius 3 is 2.57 bits per heavy atom. The number of ether oxygens (including phenoxy) is 1. The number of hydrogen-bond acceptors (Lipinski definition) is 5. The summed E-state index contributed by atoms with van der Waals surface area (Å²) in [4.78, 5) is 15.1. The normalized spacial score (nSPS) is 14.5. The van der Waals surface area contributed by atoms with Gasteiger partial charge in [-0.2, -0.15) is 14.6 Å². The summed E-state index contributed by atoms with van der Waals surface area (Å²) in [6, 6.07) is 11.9. The number of amides is 1. The summed E-state index contributed by atoms with van der Waals surface area (Å²) in [5.74, 6) is -0.187. The number of pyridine rings is 1. The van der Waals surface area contributed by atoms with Crippen molar-refractivity contribution in [2.75, 3.05) is 36.5 Å². The standard InChI is InChI=1S/C26H29FN6O2/c1-17-5-6-19(30-25(34)22-16-29-33(24(22)27)26(2,3)4)15-21(17)18-13-20-7-8-28-32(20)23(14-18)31-9-11-35-12-10-31/h5-8,13-16H,9-12H2,1-4H3,(H,30,34). The van der Waals surface area contributed by atoms with Gasteiger partial charge in [-0.25, -0.2) is 9.20 Å². The van der Waals surface area contributed by atoms with Crippen LogP contribution in [0.4, 0.5) is 15.9 Å². The highest BCUT2D eigenvalue weighted by Gasteiger charge is 2.25. The van der Waals surface area contributed by atoms with E-state index in [-0.39, 0.29) is 5.56 Å². The Hall–Kier alpha value is -3.72. The van der Waals surface area contributed by atoms with E-state index in [1.165, 1.54) is 10.9 Å². The molecule has 4 heterocycles. The van der Waals surface area contributed by atoms with E-state index in [0.717, 1.165) is 41.1 Å². The Labute approximate surface area is 203 Å². The molecule has 1 aliphatic rings. The lowest BCUT2D eigenvalue weighted by Gasteiger charge is -2.29. The summed E-state index contributed by atoms with van der Waals surface area (Å²) >= 11 is 0. The second-order valence-electron chi connectivity index (χ2n) is 9.79. The number of benzene rings is 1. The van der Waals surface area contributed by atoms with Crippen LogP contribution in [0.5, 0.6) is 0 Å². The van der Waals surface area contributed by atoms with Gasteiger partial charge in [0, 0.05) is 18.8 Å². The zero-order valence-electron chi connectivity index (χ0n) is 20.4. The molecule has 0 unspecified atom stereocenters. The number of aromatic nitrogens is 4. The third-order valence-electron chi connectivity index (χ3n) is 6.21. The highest BCUT2D eigenvalue weighted by Crippen LogP contribution is 2.32. The number of morpholine rings is 1. The summed E-state index contributed by atoms with van der Waals surface area (Å²) in [6.07, 6.45) is 3.06. The maximum absolute atomic E-state index is 14.8. The van der Waals surface area contributed by atoms with Crippen molar-refractivity contribution in [1.82, 2.24) is 19.4 Å².